The predicted molar refractivity (Wildman–Crippen MR) is 106 cm³/mol. The van der Waals surface area contributed by atoms with E-state index < -0.39 is 5.60 Å². The fraction of sp³-hybridized carbons (Fsp3) is 0.316. The van der Waals surface area contributed by atoms with Crippen LogP contribution in [0.5, 0.6) is 0 Å². The molecule has 2 aliphatic rings. The van der Waals surface area contributed by atoms with Crippen molar-refractivity contribution < 1.29 is 9.53 Å². The minimum absolute atomic E-state index is 0.291. The van der Waals surface area contributed by atoms with Crippen molar-refractivity contribution in [3.05, 3.63) is 48.3 Å². The van der Waals surface area contributed by atoms with Crippen LogP contribution in [-0.4, -0.2) is 50.9 Å². The molecule has 0 N–H and O–H groups in total. The fourth-order valence-electron chi connectivity index (χ4n) is 3.69. The molecule has 0 bridgehead atoms. The van der Waals surface area contributed by atoms with Crippen molar-refractivity contribution in [1.82, 2.24) is 19.6 Å². The second-order valence-corrected chi connectivity index (χ2v) is 7.82. The quantitative estimate of drug-likeness (QED) is 0.675. The van der Waals surface area contributed by atoms with Crippen LogP contribution in [0.2, 0.25) is 0 Å². The van der Waals surface area contributed by atoms with Crippen LogP contribution in [0.4, 0.5) is 16.3 Å². The van der Waals surface area contributed by atoms with Crippen LogP contribution in [0.1, 0.15) is 12.2 Å². The molecule has 8 nitrogen and oxygen atoms in total. The summed E-state index contributed by atoms with van der Waals surface area (Å²) in [5, 5.41) is 9.42. The van der Waals surface area contributed by atoms with E-state index in [9.17, 15) is 4.79 Å². The molecule has 2 aliphatic heterocycles. The molecule has 4 heterocycles. The summed E-state index contributed by atoms with van der Waals surface area (Å²) in [6, 6.07) is 13.5. The van der Waals surface area contributed by atoms with Crippen LogP contribution >= 0.6 is 11.5 Å². The lowest BCUT2D eigenvalue weighted by Crippen LogP contribution is -2.38. The van der Waals surface area contributed by atoms with Gasteiger partial charge in [0.1, 0.15) is 11.5 Å². The number of hydrogen-bond donors (Lipinski definition) is 0. The van der Waals surface area contributed by atoms with Crippen LogP contribution in [0, 0.1) is 6.92 Å². The van der Waals surface area contributed by atoms with E-state index in [-0.39, 0.29) is 6.09 Å². The Morgan fingerprint density at radius 1 is 1.11 bits per heavy atom. The molecule has 2 saturated heterocycles. The first-order valence-corrected chi connectivity index (χ1v) is 9.84. The summed E-state index contributed by atoms with van der Waals surface area (Å²) >= 11 is 1.31. The summed E-state index contributed by atoms with van der Waals surface area (Å²) in [6.45, 7) is 3.77. The normalized spacial score (nSPS) is 21.5. The molecule has 28 heavy (non-hydrogen) atoms. The average Bonchev–Trinajstić information content (AvgIpc) is 3.42. The van der Waals surface area contributed by atoms with Crippen LogP contribution in [0.3, 0.4) is 0 Å². The Kier molecular flexibility index (Phi) is 3.97. The molecule has 142 valence electrons. The van der Waals surface area contributed by atoms with Crippen molar-refractivity contribution >= 4 is 29.1 Å². The first-order valence-electron chi connectivity index (χ1n) is 9.07. The number of amides is 1. The van der Waals surface area contributed by atoms with Crippen molar-refractivity contribution in [3.63, 3.8) is 0 Å². The molecular weight excluding hydrogens is 376 g/mol. The maximum atomic E-state index is 12.4. The molecular formula is C19H18N6O2S. The molecule has 0 saturated carbocycles. The lowest BCUT2D eigenvalue weighted by atomic mass is 10.0. The van der Waals surface area contributed by atoms with Gasteiger partial charge in [0.2, 0.25) is 0 Å². The predicted octanol–water partition coefficient (Wildman–Crippen LogP) is 2.91. The Morgan fingerprint density at radius 2 is 1.96 bits per heavy atom. The standard InChI is InChI=1S/C19H18N6O2S/c1-13-20-17(28-23-13)15-7-8-16(22-21-15)24-10-9-19(11-24)12-25(18(26)27-19)14-5-3-2-4-6-14/h2-8H,9-12H2,1H3. The summed E-state index contributed by atoms with van der Waals surface area (Å²) in [4.78, 5) is 20.6. The number of hydrogen-bond acceptors (Lipinski definition) is 8. The minimum atomic E-state index is -0.510. The summed E-state index contributed by atoms with van der Waals surface area (Å²) in [7, 11) is 0. The van der Waals surface area contributed by atoms with E-state index in [0.29, 0.717) is 18.8 Å². The third-order valence-corrected chi connectivity index (χ3v) is 5.90. The minimum Gasteiger partial charge on any atom is -0.439 e. The van der Waals surface area contributed by atoms with Crippen molar-refractivity contribution in [2.75, 3.05) is 29.4 Å². The first kappa shape index (κ1) is 17.1. The number of benzene rings is 1. The second-order valence-electron chi connectivity index (χ2n) is 7.07. The largest absolute Gasteiger partial charge is 0.439 e. The monoisotopic (exact) mass is 394 g/mol. The van der Waals surface area contributed by atoms with Gasteiger partial charge in [0, 0.05) is 18.7 Å². The Hall–Kier alpha value is -3.07. The smallest absolute Gasteiger partial charge is 0.415 e. The number of aryl methyl sites for hydroxylation is 1. The van der Waals surface area contributed by atoms with Gasteiger partial charge in [0.05, 0.1) is 13.1 Å². The maximum absolute atomic E-state index is 12.4. The number of carbonyl (C=O) groups excluding carboxylic acids is 1. The van der Waals surface area contributed by atoms with Gasteiger partial charge in [-0.2, -0.15) is 4.37 Å². The Balaban J connectivity index is 1.31. The van der Waals surface area contributed by atoms with Crippen LogP contribution in [-0.2, 0) is 4.74 Å². The van der Waals surface area contributed by atoms with Crippen molar-refractivity contribution in [2.24, 2.45) is 0 Å². The summed E-state index contributed by atoms with van der Waals surface area (Å²) in [5.74, 6) is 1.51. The highest BCUT2D eigenvalue weighted by Crippen LogP contribution is 2.36. The van der Waals surface area contributed by atoms with E-state index in [4.69, 9.17) is 4.74 Å². The van der Waals surface area contributed by atoms with E-state index in [1.165, 1.54) is 11.5 Å². The molecule has 1 unspecified atom stereocenters. The Morgan fingerprint density at radius 3 is 2.68 bits per heavy atom. The second kappa shape index (κ2) is 6.52. The van der Waals surface area contributed by atoms with E-state index >= 15 is 0 Å². The zero-order valence-corrected chi connectivity index (χ0v) is 16.1. The van der Waals surface area contributed by atoms with Crippen molar-refractivity contribution in [1.29, 1.82) is 0 Å². The van der Waals surface area contributed by atoms with Gasteiger partial charge < -0.3 is 9.64 Å². The molecule has 1 spiro atoms. The van der Waals surface area contributed by atoms with Crippen LogP contribution in [0.15, 0.2) is 42.5 Å². The van der Waals surface area contributed by atoms with E-state index in [1.54, 1.807) is 4.90 Å². The summed E-state index contributed by atoms with van der Waals surface area (Å²) in [5.41, 5.74) is 1.06. The zero-order valence-electron chi connectivity index (χ0n) is 15.3. The van der Waals surface area contributed by atoms with Gasteiger partial charge in [0.25, 0.3) is 0 Å². The van der Waals surface area contributed by atoms with Gasteiger partial charge in [-0.3, -0.25) is 4.90 Å². The third-order valence-electron chi connectivity index (χ3n) is 5.08. The molecule has 9 heteroatoms. The lowest BCUT2D eigenvalue weighted by molar-refractivity contribution is 0.0746. The van der Waals surface area contributed by atoms with Crippen LogP contribution in [0.25, 0.3) is 10.7 Å². The highest BCUT2D eigenvalue weighted by atomic mass is 32.1. The first-order chi connectivity index (χ1) is 13.6. The van der Waals surface area contributed by atoms with Gasteiger partial charge in [-0.1, -0.05) is 18.2 Å². The molecule has 3 aromatic rings. The fourth-order valence-corrected chi connectivity index (χ4v) is 4.33. The zero-order chi connectivity index (χ0) is 19.1. The number of para-hydroxylation sites is 1. The molecule has 2 aromatic heterocycles. The van der Waals surface area contributed by atoms with Gasteiger partial charge >= 0.3 is 6.09 Å². The van der Waals surface area contributed by atoms with E-state index in [2.05, 4.69) is 24.5 Å². The molecule has 1 amide bonds. The molecule has 2 fully saturated rings. The highest BCUT2D eigenvalue weighted by Gasteiger charge is 2.50. The van der Waals surface area contributed by atoms with Gasteiger partial charge in [0.15, 0.2) is 16.4 Å². The van der Waals surface area contributed by atoms with E-state index in [0.717, 1.165) is 35.3 Å². The number of aromatic nitrogens is 4. The van der Waals surface area contributed by atoms with E-state index in [1.807, 2.05) is 49.4 Å². The lowest BCUT2D eigenvalue weighted by Gasteiger charge is -2.22. The topological polar surface area (TPSA) is 84.3 Å². The van der Waals surface area contributed by atoms with Crippen LogP contribution < -0.4 is 9.80 Å². The van der Waals surface area contributed by atoms with Crippen molar-refractivity contribution in [2.45, 2.75) is 18.9 Å². The third kappa shape index (κ3) is 2.97. The summed E-state index contributed by atoms with van der Waals surface area (Å²) < 4.78 is 9.98. The maximum Gasteiger partial charge on any atom is 0.415 e. The number of anilines is 2. The molecule has 0 aliphatic carbocycles. The molecule has 1 atom stereocenters. The van der Waals surface area contributed by atoms with Gasteiger partial charge in [-0.15, -0.1) is 10.2 Å². The molecule has 5 rings (SSSR count). The molecule has 0 radical (unpaired) electrons. The number of rotatable bonds is 3. The Labute approximate surface area is 166 Å². The summed E-state index contributed by atoms with van der Waals surface area (Å²) in [6.07, 6.45) is 0.474. The van der Waals surface area contributed by atoms with Gasteiger partial charge in [-0.05, 0) is 42.7 Å². The number of carbonyl (C=O) groups is 1. The Bertz CT molecular complexity index is 1010. The number of nitrogens with zero attached hydrogens (tertiary/aromatic N) is 6. The average molecular weight is 394 g/mol. The van der Waals surface area contributed by atoms with Crippen molar-refractivity contribution in [3.8, 4) is 10.7 Å². The number of ether oxygens (including phenoxy) is 1. The SMILES string of the molecule is Cc1nsc(-c2ccc(N3CCC4(C3)CN(c3ccccc3)C(=O)O4)nn2)n1. The highest BCUT2D eigenvalue weighted by molar-refractivity contribution is 7.09. The molecule has 1 aromatic carbocycles. The van der Waals surface area contributed by atoms with Gasteiger partial charge in [-0.25, -0.2) is 9.78 Å².